The smallest absolute Gasteiger partial charge is 0.337 e. The molecule has 0 aliphatic carbocycles. The summed E-state index contributed by atoms with van der Waals surface area (Å²) in [6.07, 6.45) is 2.95. The van der Waals surface area contributed by atoms with Crippen LogP contribution >= 0.6 is 23.2 Å². The Balaban J connectivity index is 1.71. The second-order valence-electron chi connectivity index (χ2n) is 11.2. The summed E-state index contributed by atoms with van der Waals surface area (Å²) in [4.78, 5) is 31.6. The molecule has 1 fully saturated rings. The summed E-state index contributed by atoms with van der Waals surface area (Å²) in [5.74, 6) is 0.357. The van der Waals surface area contributed by atoms with Crippen molar-refractivity contribution in [3.05, 3.63) is 45.4 Å². The van der Waals surface area contributed by atoms with Crippen LogP contribution < -0.4 is 10.2 Å². The monoisotopic (exact) mass is 558 g/mol. The van der Waals surface area contributed by atoms with Gasteiger partial charge >= 0.3 is 5.97 Å². The number of rotatable bonds is 8. The van der Waals surface area contributed by atoms with Crippen LogP contribution in [0, 0.1) is 11.3 Å². The average molecular weight is 560 g/mol. The number of ketones is 1. The number of carbonyl (C=O) groups is 2. The fourth-order valence-electron chi connectivity index (χ4n) is 4.90. The summed E-state index contributed by atoms with van der Waals surface area (Å²) in [5.41, 5.74) is 3.33. The number of anilines is 3. The molecular weight excluding hydrogens is 523 g/mol. The van der Waals surface area contributed by atoms with E-state index in [0.717, 1.165) is 42.7 Å². The molecule has 0 amide bonds. The highest BCUT2D eigenvalue weighted by molar-refractivity contribution is 6.39. The summed E-state index contributed by atoms with van der Waals surface area (Å²) in [5, 5.41) is 14.2. The molecule has 38 heavy (non-hydrogen) atoms. The molecule has 3 aromatic rings. The van der Waals surface area contributed by atoms with E-state index in [2.05, 4.69) is 17.1 Å². The minimum absolute atomic E-state index is 0.166. The van der Waals surface area contributed by atoms with Gasteiger partial charge in [0.1, 0.15) is 5.78 Å². The molecule has 0 unspecified atom stereocenters. The number of carboxylic acids is 1. The largest absolute Gasteiger partial charge is 0.478 e. The number of carboxylic acid groups (broad SMARTS) is 1. The maximum atomic E-state index is 12.5. The number of Topliss-reactive ketones (excluding diaryl/α,β-unsaturated/α-hetero) is 1. The van der Waals surface area contributed by atoms with Gasteiger partial charge in [0.05, 0.1) is 38.0 Å². The molecule has 1 saturated heterocycles. The van der Waals surface area contributed by atoms with Crippen molar-refractivity contribution in [3.8, 4) is 0 Å². The predicted molar refractivity (Wildman–Crippen MR) is 156 cm³/mol. The highest BCUT2D eigenvalue weighted by Gasteiger charge is 2.25. The fourth-order valence-corrected chi connectivity index (χ4v) is 5.46. The lowest BCUT2D eigenvalue weighted by molar-refractivity contribution is -0.126. The Hall–Kier alpha value is -2.77. The number of benzene rings is 2. The van der Waals surface area contributed by atoms with Crippen LogP contribution in [0.25, 0.3) is 11.0 Å². The Kier molecular flexibility index (Phi) is 8.29. The molecule has 4 rings (SSSR count). The SMILES string of the molecule is CCn1c(Nc2c(Cl)ccc(CCC(=O)C(C)(C)C)c2Cl)nc2cc(C(=O)O)c(N3CCC(C)CC3)cc21. The first-order chi connectivity index (χ1) is 17.9. The number of halogens is 2. The summed E-state index contributed by atoms with van der Waals surface area (Å²) >= 11 is 13.3. The van der Waals surface area contributed by atoms with Gasteiger partial charge in [-0.05, 0) is 55.9 Å². The van der Waals surface area contributed by atoms with Crippen molar-refractivity contribution in [3.63, 3.8) is 0 Å². The minimum atomic E-state index is -0.968. The zero-order valence-electron chi connectivity index (χ0n) is 22.7. The van der Waals surface area contributed by atoms with E-state index in [-0.39, 0.29) is 11.3 Å². The van der Waals surface area contributed by atoms with Crippen molar-refractivity contribution in [2.75, 3.05) is 23.3 Å². The minimum Gasteiger partial charge on any atom is -0.478 e. The van der Waals surface area contributed by atoms with E-state index < -0.39 is 11.4 Å². The summed E-state index contributed by atoms with van der Waals surface area (Å²) in [6.45, 7) is 12.2. The normalized spacial score (nSPS) is 14.8. The van der Waals surface area contributed by atoms with Crippen molar-refractivity contribution in [1.82, 2.24) is 9.55 Å². The molecule has 1 aromatic heterocycles. The summed E-state index contributed by atoms with van der Waals surface area (Å²) < 4.78 is 2.00. The van der Waals surface area contributed by atoms with Crippen LogP contribution in [0.1, 0.15) is 69.8 Å². The van der Waals surface area contributed by atoms with Crippen molar-refractivity contribution < 1.29 is 14.7 Å². The number of fused-ring (bicyclic) bond motifs is 1. The molecule has 1 aliphatic rings. The zero-order valence-corrected chi connectivity index (χ0v) is 24.2. The van der Waals surface area contributed by atoms with E-state index in [4.69, 9.17) is 28.2 Å². The van der Waals surface area contributed by atoms with Crippen LogP contribution in [0.4, 0.5) is 17.3 Å². The van der Waals surface area contributed by atoms with Gasteiger partial charge in [0, 0.05) is 31.5 Å². The molecule has 0 saturated carbocycles. The molecule has 7 nitrogen and oxygen atoms in total. The Labute approximate surface area is 234 Å². The van der Waals surface area contributed by atoms with E-state index in [0.29, 0.717) is 52.5 Å². The van der Waals surface area contributed by atoms with E-state index in [1.807, 2.05) is 44.4 Å². The van der Waals surface area contributed by atoms with E-state index >= 15 is 0 Å². The van der Waals surface area contributed by atoms with Crippen molar-refractivity contribution in [1.29, 1.82) is 0 Å². The van der Waals surface area contributed by atoms with Crippen LogP contribution in [0.3, 0.4) is 0 Å². The van der Waals surface area contributed by atoms with Gasteiger partial charge in [-0.15, -0.1) is 0 Å². The fraction of sp³-hybridized carbons (Fsp3) is 0.483. The van der Waals surface area contributed by atoms with Gasteiger partial charge in [0.2, 0.25) is 5.95 Å². The first kappa shape index (κ1) is 28.2. The van der Waals surface area contributed by atoms with Gasteiger partial charge in [0.25, 0.3) is 0 Å². The van der Waals surface area contributed by atoms with Crippen LogP contribution in [-0.2, 0) is 17.8 Å². The lowest BCUT2D eigenvalue weighted by Gasteiger charge is -2.33. The molecule has 9 heteroatoms. The number of nitrogens with one attached hydrogen (secondary N) is 1. The molecule has 0 radical (unpaired) electrons. The number of aromatic carboxylic acids is 1. The third-order valence-corrected chi connectivity index (χ3v) is 8.15. The quantitative estimate of drug-likeness (QED) is 0.296. The third kappa shape index (κ3) is 5.79. The molecule has 1 aliphatic heterocycles. The van der Waals surface area contributed by atoms with Gasteiger partial charge in [-0.2, -0.15) is 0 Å². The molecular formula is C29H36Cl2N4O3. The average Bonchev–Trinajstić information content (AvgIpc) is 3.21. The second kappa shape index (κ2) is 11.1. The number of carbonyl (C=O) groups excluding carboxylic acids is 1. The highest BCUT2D eigenvalue weighted by Crippen LogP contribution is 2.38. The van der Waals surface area contributed by atoms with Crippen LogP contribution in [0.5, 0.6) is 0 Å². The molecule has 2 aromatic carbocycles. The number of nitrogens with zero attached hydrogens (tertiary/aromatic N) is 3. The number of piperidine rings is 1. The van der Waals surface area contributed by atoms with Crippen molar-refractivity contribution in [2.45, 2.75) is 66.8 Å². The van der Waals surface area contributed by atoms with Gasteiger partial charge in [-0.1, -0.05) is 57.0 Å². The summed E-state index contributed by atoms with van der Waals surface area (Å²) in [7, 11) is 0. The highest BCUT2D eigenvalue weighted by atomic mass is 35.5. The van der Waals surface area contributed by atoms with E-state index in [9.17, 15) is 14.7 Å². The zero-order chi connectivity index (χ0) is 27.8. The number of aryl methyl sites for hydroxylation is 2. The van der Waals surface area contributed by atoms with Crippen LogP contribution in [0.2, 0.25) is 10.0 Å². The van der Waals surface area contributed by atoms with Crippen LogP contribution in [0.15, 0.2) is 24.3 Å². The first-order valence-electron chi connectivity index (χ1n) is 13.2. The number of aromatic nitrogens is 2. The number of imidazole rings is 1. The third-order valence-electron chi connectivity index (χ3n) is 7.40. The maximum absolute atomic E-state index is 12.5. The van der Waals surface area contributed by atoms with Crippen molar-refractivity contribution >= 4 is 63.3 Å². The molecule has 0 spiro atoms. The van der Waals surface area contributed by atoms with E-state index in [1.54, 1.807) is 12.1 Å². The molecule has 0 bridgehead atoms. The van der Waals surface area contributed by atoms with Crippen LogP contribution in [-0.4, -0.2) is 39.5 Å². The lowest BCUT2D eigenvalue weighted by Crippen LogP contribution is -2.33. The van der Waals surface area contributed by atoms with Gasteiger partial charge < -0.3 is 19.9 Å². The summed E-state index contributed by atoms with van der Waals surface area (Å²) in [6, 6.07) is 7.21. The van der Waals surface area contributed by atoms with E-state index in [1.165, 1.54) is 0 Å². The Morgan fingerprint density at radius 3 is 2.45 bits per heavy atom. The first-order valence-corrected chi connectivity index (χ1v) is 14.0. The molecule has 2 heterocycles. The van der Waals surface area contributed by atoms with Gasteiger partial charge in [-0.3, -0.25) is 4.79 Å². The van der Waals surface area contributed by atoms with Gasteiger partial charge in [-0.25, -0.2) is 9.78 Å². The molecule has 2 N–H and O–H groups in total. The maximum Gasteiger partial charge on any atom is 0.337 e. The Morgan fingerprint density at radius 1 is 1.16 bits per heavy atom. The predicted octanol–water partition coefficient (Wildman–Crippen LogP) is 7.59. The lowest BCUT2D eigenvalue weighted by atomic mass is 9.87. The number of hydrogen-bond donors (Lipinski definition) is 2. The molecule has 0 atom stereocenters. The Bertz CT molecular complexity index is 1370. The van der Waals surface area contributed by atoms with Crippen molar-refractivity contribution in [2.24, 2.45) is 11.3 Å². The standard InChI is InChI=1S/C29H36Cl2N4O3/c1-6-35-23-16-22(34-13-11-17(2)12-14-34)19(27(37)38)15-21(23)32-28(35)33-26-20(30)9-7-18(25(26)31)8-10-24(36)29(3,4)5/h7,9,15-17H,6,8,10-14H2,1-5H3,(H,32,33)(H,37,38). The van der Waals surface area contributed by atoms with Gasteiger partial charge in [0.15, 0.2) is 0 Å². The molecule has 204 valence electrons. The number of hydrogen-bond acceptors (Lipinski definition) is 5. The topological polar surface area (TPSA) is 87.5 Å². The Morgan fingerprint density at radius 2 is 1.84 bits per heavy atom. The second-order valence-corrected chi connectivity index (χ2v) is 12.0.